The van der Waals surface area contributed by atoms with Crippen molar-refractivity contribution in [2.45, 2.75) is 51.7 Å². The Kier molecular flexibility index (Phi) is 6.65. The lowest BCUT2D eigenvalue weighted by Gasteiger charge is -2.29. The Morgan fingerprint density at radius 3 is 2.17 bits per heavy atom. The second-order valence-electron chi connectivity index (χ2n) is 5.63. The Bertz CT molecular complexity index is 318. The van der Waals surface area contributed by atoms with Crippen LogP contribution in [0, 0.1) is 4.91 Å². The van der Waals surface area contributed by atoms with E-state index in [0.29, 0.717) is 19.6 Å². The first kappa shape index (κ1) is 17.7. The Balaban J connectivity index is 4.20. The first-order valence-electron chi connectivity index (χ1n) is 6.01. The van der Waals surface area contributed by atoms with Crippen molar-refractivity contribution < 1.29 is 13.8 Å². The minimum Gasteiger partial charge on any atom is -0.375 e. The van der Waals surface area contributed by atoms with E-state index in [0.717, 1.165) is 6.42 Å². The van der Waals surface area contributed by atoms with E-state index in [-0.39, 0.29) is 5.60 Å². The Hall–Kier alpha value is -0.290. The van der Waals surface area contributed by atoms with Crippen molar-refractivity contribution >= 4 is 7.52 Å². The molecule has 0 radical (unpaired) electrons. The molecule has 0 aromatic rings. The summed E-state index contributed by atoms with van der Waals surface area (Å²) in [5.41, 5.74) is 4.49. The van der Waals surface area contributed by atoms with E-state index in [1.54, 1.807) is 13.8 Å². The lowest BCUT2D eigenvalue weighted by Crippen LogP contribution is -2.31. The molecule has 0 saturated carbocycles. The SMILES string of the molecule is CC(C)(CCN)OCCC(C)(C)OP(C)(=O)N=O. The second kappa shape index (κ2) is 6.75. The maximum atomic E-state index is 11.5. The average molecular weight is 280 g/mol. The highest BCUT2D eigenvalue weighted by atomic mass is 31.2. The molecule has 0 bridgehead atoms. The molecule has 108 valence electrons. The monoisotopic (exact) mass is 280 g/mol. The zero-order chi connectivity index (χ0) is 14.4. The number of hydrogen-bond donors (Lipinski definition) is 1. The fourth-order valence-electron chi connectivity index (χ4n) is 1.51. The van der Waals surface area contributed by atoms with Gasteiger partial charge >= 0.3 is 7.52 Å². The van der Waals surface area contributed by atoms with Crippen LogP contribution in [0.1, 0.15) is 40.5 Å². The molecule has 0 aliphatic heterocycles. The van der Waals surface area contributed by atoms with Gasteiger partial charge in [0.2, 0.25) is 0 Å². The molecule has 0 fully saturated rings. The van der Waals surface area contributed by atoms with Gasteiger partial charge < -0.3 is 15.0 Å². The molecule has 0 aromatic carbocycles. The molecule has 2 N–H and O–H groups in total. The van der Waals surface area contributed by atoms with E-state index >= 15 is 0 Å². The predicted octanol–water partition coefficient (Wildman–Crippen LogP) is 2.91. The highest BCUT2D eigenvalue weighted by molar-refractivity contribution is 7.56. The third-order valence-corrected chi connectivity index (χ3v) is 3.64. The normalized spacial score (nSPS) is 16.3. The minimum atomic E-state index is -3.39. The summed E-state index contributed by atoms with van der Waals surface area (Å²) in [4.78, 5) is 12.9. The minimum absolute atomic E-state index is 0.288. The van der Waals surface area contributed by atoms with Crippen molar-refractivity contribution in [3.63, 3.8) is 0 Å². The number of ether oxygens (including phenoxy) is 1. The van der Waals surface area contributed by atoms with Gasteiger partial charge in [0.15, 0.2) is 0 Å². The quantitative estimate of drug-likeness (QED) is 0.518. The average Bonchev–Trinajstić information content (AvgIpc) is 2.14. The second-order valence-corrected chi connectivity index (χ2v) is 7.58. The fraction of sp³-hybridized carbons (Fsp3) is 1.00. The predicted molar refractivity (Wildman–Crippen MR) is 72.8 cm³/mol. The maximum Gasteiger partial charge on any atom is 0.350 e. The summed E-state index contributed by atoms with van der Waals surface area (Å²) in [6.45, 7) is 9.66. The van der Waals surface area contributed by atoms with Gasteiger partial charge in [-0.2, -0.15) is 0 Å². The van der Waals surface area contributed by atoms with Gasteiger partial charge in [-0.05, 0) is 47.1 Å². The van der Waals surface area contributed by atoms with Crippen LogP contribution in [0.3, 0.4) is 0 Å². The lowest BCUT2D eigenvalue weighted by molar-refractivity contribution is -0.0429. The van der Waals surface area contributed by atoms with Crippen LogP contribution < -0.4 is 5.73 Å². The lowest BCUT2D eigenvalue weighted by atomic mass is 10.0. The summed E-state index contributed by atoms with van der Waals surface area (Å²) in [5, 5.41) is 0. The van der Waals surface area contributed by atoms with Crippen molar-refractivity contribution in [2.75, 3.05) is 19.8 Å². The molecule has 0 spiro atoms. The first-order valence-corrected chi connectivity index (χ1v) is 8.03. The first-order chi connectivity index (χ1) is 8.04. The standard InChI is InChI=1S/C11H25N2O4P/c1-10(2,6-8-12)16-9-7-11(3,4)17-18(5,15)13-14/h6-9,12H2,1-5H3. The molecule has 0 rings (SSSR count). The van der Waals surface area contributed by atoms with Crippen LogP contribution >= 0.6 is 7.52 Å². The van der Waals surface area contributed by atoms with Gasteiger partial charge in [-0.25, -0.2) is 0 Å². The topological polar surface area (TPSA) is 91.0 Å². The van der Waals surface area contributed by atoms with Crippen molar-refractivity contribution in [3.8, 4) is 0 Å². The van der Waals surface area contributed by atoms with Crippen molar-refractivity contribution in [1.82, 2.24) is 0 Å². The third kappa shape index (κ3) is 7.93. The molecule has 0 aliphatic rings. The van der Waals surface area contributed by atoms with Crippen LogP contribution in [0.2, 0.25) is 0 Å². The maximum absolute atomic E-state index is 11.5. The molecular weight excluding hydrogens is 255 g/mol. The van der Waals surface area contributed by atoms with Crippen LogP contribution in [-0.2, 0) is 13.8 Å². The summed E-state index contributed by atoms with van der Waals surface area (Å²) in [7, 11) is -3.39. The number of nitroso groups, excluding NO2 is 1. The number of rotatable bonds is 9. The smallest absolute Gasteiger partial charge is 0.350 e. The van der Waals surface area contributed by atoms with Crippen LogP contribution in [0.4, 0.5) is 0 Å². The van der Waals surface area contributed by atoms with E-state index in [9.17, 15) is 9.47 Å². The summed E-state index contributed by atoms with van der Waals surface area (Å²) in [6, 6.07) is 0. The van der Waals surface area contributed by atoms with E-state index in [1.807, 2.05) is 13.8 Å². The van der Waals surface area contributed by atoms with Gasteiger partial charge in [-0.3, -0.25) is 4.57 Å². The molecule has 7 heteroatoms. The van der Waals surface area contributed by atoms with E-state index < -0.39 is 13.1 Å². The van der Waals surface area contributed by atoms with Crippen LogP contribution in [0.25, 0.3) is 0 Å². The molecule has 1 unspecified atom stereocenters. The zero-order valence-corrected chi connectivity index (χ0v) is 12.8. The molecule has 0 amide bonds. The largest absolute Gasteiger partial charge is 0.375 e. The van der Waals surface area contributed by atoms with Crippen LogP contribution in [0.15, 0.2) is 4.95 Å². The van der Waals surface area contributed by atoms with Crippen molar-refractivity contribution in [1.29, 1.82) is 0 Å². The van der Waals surface area contributed by atoms with Gasteiger partial charge in [-0.1, -0.05) is 0 Å². The molecule has 0 heterocycles. The van der Waals surface area contributed by atoms with Crippen LogP contribution in [0.5, 0.6) is 0 Å². The summed E-state index contributed by atoms with van der Waals surface area (Å²) >= 11 is 0. The highest BCUT2D eigenvalue weighted by Crippen LogP contribution is 2.48. The summed E-state index contributed by atoms with van der Waals surface area (Å²) in [6.07, 6.45) is 1.28. The molecule has 1 atom stereocenters. The van der Waals surface area contributed by atoms with E-state index in [2.05, 4.69) is 4.95 Å². The zero-order valence-electron chi connectivity index (χ0n) is 11.9. The number of nitrogens with zero attached hydrogens (tertiary/aromatic N) is 1. The molecule has 18 heavy (non-hydrogen) atoms. The Labute approximate surface area is 109 Å². The van der Waals surface area contributed by atoms with Crippen molar-refractivity contribution in [2.24, 2.45) is 10.7 Å². The van der Waals surface area contributed by atoms with Crippen molar-refractivity contribution in [3.05, 3.63) is 4.91 Å². The van der Waals surface area contributed by atoms with Crippen LogP contribution in [-0.4, -0.2) is 31.0 Å². The molecule has 0 aromatic heterocycles. The summed E-state index contributed by atoms with van der Waals surface area (Å²) in [5.74, 6) is 0. The van der Waals surface area contributed by atoms with Gasteiger partial charge in [0, 0.05) is 11.6 Å². The molecule has 0 saturated heterocycles. The van der Waals surface area contributed by atoms with E-state index in [4.69, 9.17) is 15.0 Å². The number of nitrogens with two attached hydrogens (primary N) is 1. The molecule has 0 aliphatic carbocycles. The fourth-order valence-corrected chi connectivity index (χ4v) is 2.56. The Morgan fingerprint density at radius 1 is 1.17 bits per heavy atom. The molecule has 6 nitrogen and oxygen atoms in total. The van der Waals surface area contributed by atoms with Gasteiger partial charge in [0.1, 0.15) is 0 Å². The van der Waals surface area contributed by atoms with E-state index in [1.165, 1.54) is 6.66 Å². The third-order valence-electron chi connectivity index (χ3n) is 2.51. The number of hydrogen-bond acceptors (Lipinski definition) is 5. The van der Waals surface area contributed by atoms with Gasteiger partial charge in [0.05, 0.1) is 17.8 Å². The summed E-state index contributed by atoms with van der Waals surface area (Å²) < 4.78 is 22.4. The van der Waals surface area contributed by atoms with Gasteiger partial charge in [0.25, 0.3) is 0 Å². The highest BCUT2D eigenvalue weighted by Gasteiger charge is 2.30. The molecular formula is C11H25N2O4P. The van der Waals surface area contributed by atoms with Gasteiger partial charge in [-0.15, -0.1) is 4.91 Å². The Morgan fingerprint density at radius 2 is 1.72 bits per heavy atom.